The van der Waals surface area contributed by atoms with Crippen LogP contribution in [0.1, 0.15) is 54.8 Å². The number of halogens is 2. The highest BCUT2D eigenvalue weighted by Gasteiger charge is 2.26. The van der Waals surface area contributed by atoms with Crippen LogP contribution in [0.25, 0.3) is 22.4 Å². The number of fused-ring (bicyclic) bond motifs is 1. The number of aromatic nitrogens is 6. The van der Waals surface area contributed by atoms with Crippen molar-refractivity contribution >= 4 is 22.8 Å². The van der Waals surface area contributed by atoms with E-state index in [9.17, 15) is 4.39 Å². The number of benzene rings is 1. The molecule has 7 nitrogen and oxygen atoms in total. The van der Waals surface area contributed by atoms with Crippen LogP contribution < -0.4 is 0 Å². The van der Waals surface area contributed by atoms with Gasteiger partial charge in [-0.25, -0.2) is 24.3 Å². The van der Waals surface area contributed by atoms with Gasteiger partial charge in [0.1, 0.15) is 23.4 Å². The average Bonchev–Trinajstić information content (AvgIpc) is 3.28. The highest BCUT2D eigenvalue weighted by atomic mass is 35.5. The van der Waals surface area contributed by atoms with Crippen molar-refractivity contribution < 1.29 is 9.13 Å². The normalized spacial score (nSPS) is 17.8. The highest BCUT2D eigenvalue weighted by Crippen LogP contribution is 2.36. The minimum atomic E-state index is -0.447. The third-order valence-electron chi connectivity index (χ3n) is 5.91. The largest absolute Gasteiger partial charge is 0.373 e. The lowest BCUT2D eigenvalue weighted by Gasteiger charge is -2.07. The van der Waals surface area contributed by atoms with Crippen molar-refractivity contribution in [1.29, 1.82) is 0 Å². The van der Waals surface area contributed by atoms with Crippen LogP contribution in [-0.2, 0) is 4.74 Å². The van der Waals surface area contributed by atoms with Crippen LogP contribution in [0, 0.1) is 19.7 Å². The van der Waals surface area contributed by atoms with E-state index >= 15 is 0 Å². The van der Waals surface area contributed by atoms with Crippen LogP contribution in [0.3, 0.4) is 0 Å². The Morgan fingerprint density at radius 3 is 2.64 bits per heavy atom. The Bertz CT molecular complexity index is 1300. The molecule has 6 rings (SSSR count). The molecule has 1 atom stereocenters. The summed E-state index contributed by atoms with van der Waals surface area (Å²) in [6.07, 6.45) is 10.8. The van der Waals surface area contributed by atoms with E-state index < -0.39 is 5.82 Å². The second-order valence-electron chi connectivity index (χ2n) is 8.40. The molecular formula is C24H24ClFN6O. The molecule has 2 fully saturated rings. The van der Waals surface area contributed by atoms with E-state index in [1.807, 2.05) is 20.0 Å². The third-order valence-corrected chi connectivity index (χ3v) is 6.14. The molecule has 1 saturated heterocycles. The Balaban J connectivity index is 0.000000151. The van der Waals surface area contributed by atoms with E-state index in [0.717, 1.165) is 24.4 Å². The van der Waals surface area contributed by atoms with Gasteiger partial charge in [-0.05, 0) is 57.7 Å². The number of aryl methyl sites for hydroxylation is 2. The summed E-state index contributed by atoms with van der Waals surface area (Å²) >= 11 is 5.77. The fourth-order valence-corrected chi connectivity index (χ4v) is 3.98. The first-order valence-electron chi connectivity index (χ1n) is 11.1. The second kappa shape index (κ2) is 9.11. The molecule has 1 saturated carbocycles. The molecule has 1 aliphatic carbocycles. The summed E-state index contributed by atoms with van der Waals surface area (Å²) in [7, 11) is 0. The predicted molar refractivity (Wildman–Crippen MR) is 123 cm³/mol. The monoisotopic (exact) mass is 466 g/mol. The molecule has 1 aromatic carbocycles. The lowest BCUT2D eigenvalue weighted by atomic mass is 10.1. The first-order chi connectivity index (χ1) is 16.0. The molecule has 0 N–H and O–H groups in total. The number of nitrogens with zero attached hydrogens (tertiary/aromatic N) is 6. The van der Waals surface area contributed by atoms with Crippen LogP contribution in [0.5, 0.6) is 0 Å². The van der Waals surface area contributed by atoms with E-state index in [1.54, 1.807) is 12.1 Å². The van der Waals surface area contributed by atoms with Gasteiger partial charge < -0.3 is 4.74 Å². The molecule has 0 radical (unpaired) electrons. The molecule has 170 valence electrons. The van der Waals surface area contributed by atoms with Gasteiger partial charge in [0.15, 0.2) is 5.65 Å². The maximum Gasteiger partial charge on any atom is 0.182 e. The second-order valence-corrected chi connectivity index (χ2v) is 8.84. The Hall–Kier alpha value is -2.97. The zero-order valence-electron chi connectivity index (χ0n) is 18.5. The first kappa shape index (κ1) is 21.9. The fourth-order valence-electron chi connectivity index (χ4n) is 3.82. The number of ether oxygens (including phenoxy) is 1. The van der Waals surface area contributed by atoms with Gasteiger partial charge in [0.2, 0.25) is 0 Å². The van der Waals surface area contributed by atoms with E-state index in [1.165, 1.54) is 37.2 Å². The van der Waals surface area contributed by atoms with Gasteiger partial charge in [-0.1, -0.05) is 11.6 Å². The molecule has 9 heteroatoms. The summed E-state index contributed by atoms with van der Waals surface area (Å²) in [6, 6.07) is 5.13. The molecule has 3 aromatic heterocycles. The van der Waals surface area contributed by atoms with Crippen molar-refractivity contribution in [2.45, 2.75) is 51.7 Å². The molecule has 33 heavy (non-hydrogen) atoms. The van der Waals surface area contributed by atoms with Crippen molar-refractivity contribution in [3.8, 4) is 11.3 Å². The maximum absolute atomic E-state index is 14.1. The maximum atomic E-state index is 14.1. The standard InChI is InChI=1S/C14H10ClFN4.C10H14N2O/c1-7-8(2)20-14-13(19-7)12(17-6-18-14)10-4-3-9(15)5-11(10)16;1-2-10(13-5-1)8-6-11-12(7-8)9-3-4-9/h3-6H,1-2H3;6-7,9-10H,1-5H2. The molecule has 4 heterocycles. The number of rotatable bonds is 3. The van der Waals surface area contributed by atoms with Crippen molar-refractivity contribution in [2.24, 2.45) is 0 Å². The van der Waals surface area contributed by atoms with Gasteiger partial charge in [-0.3, -0.25) is 4.68 Å². The summed E-state index contributed by atoms with van der Waals surface area (Å²) < 4.78 is 21.7. The molecule has 2 aliphatic rings. The van der Waals surface area contributed by atoms with Crippen molar-refractivity contribution in [3.05, 3.63) is 64.7 Å². The van der Waals surface area contributed by atoms with Gasteiger partial charge >= 0.3 is 0 Å². The summed E-state index contributed by atoms with van der Waals surface area (Å²) in [5.74, 6) is -0.447. The number of hydrogen-bond donors (Lipinski definition) is 0. The summed E-state index contributed by atoms with van der Waals surface area (Å²) in [5, 5.41) is 4.70. The smallest absolute Gasteiger partial charge is 0.182 e. The van der Waals surface area contributed by atoms with Crippen LogP contribution >= 0.6 is 11.6 Å². The van der Waals surface area contributed by atoms with E-state index in [0.29, 0.717) is 39.6 Å². The van der Waals surface area contributed by atoms with E-state index in [2.05, 4.69) is 35.9 Å². The van der Waals surface area contributed by atoms with Gasteiger partial charge in [-0.15, -0.1) is 0 Å². The fraction of sp³-hybridized carbons (Fsp3) is 0.375. The zero-order valence-corrected chi connectivity index (χ0v) is 19.3. The van der Waals surface area contributed by atoms with Crippen LogP contribution in [0.2, 0.25) is 5.02 Å². The molecule has 0 amide bonds. The third kappa shape index (κ3) is 4.72. The van der Waals surface area contributed by atoms with Crippen molar-refractivity contribution in [3.63, 3.8) is 0 Å². The van der Waals surface area contributed by atoms with Gasteiger partial charge in [0.05, 0.1) is 29.7 Å². The minimum Gasteiger partial charge on any atom is -0.373 e. The molecule has 0 spiro atoms. The van der Waals surface area contributed by atoms with Gasteiger partial charge in [0.25, 0.3) is 0 Å². The summed E-state index contributed by atoms with van der Waals surface area (Å²) in [6.45, 7) is 4.61. The quantitative estimate of drug-likeness (QED) is 0.393. The lowest BCUT2D eigenvalue weighted by molar-refractivity contribution is 0.112. The summed E-state index contributed by atoms with van der Waals surface area (Å²) in [5.41, 5.74) is 4.51. The highest BCUT2D eigenvalue weighted by molar-refractivity contribution is 6.30. The van der Waals surface area contributed by atoms with Crippen molar-refractivity contribution in [1.82, 2.24) is 29.7 Å². The Kier molecular flexibility index (Phi) is 6.03. The molecular weight excluding hydrogens is 443 g/mol. The molecule has 1 unspecified atom stereocenters. The van der Waals surface area contributed by atoms with Gasteiger partial charge in [-0.2, -0.15) is 5.10 Å². The van der Waals surface area contributed by atoms with Gasteiger partial charge in [0, 0.05) is 29.0 Å². The van der Waals surface area contributed by atoms with Crippen LogP contribution in [0.4, 0.5) is 4.39 Å². The lowest BCUT2D eigenvalue weighted by Crippen LogP contribution is -1.99. The van der Waals surface area contributed by atoms with E-state index in [-0.39, 0.29) is 0 Å². The SMILES string of the molecule is Cc1nc2ncnc(-c3ccc(Cl)cc3F)c2nc1C.c1nn(C2CC2)cc1C1CCCO1. The zero-order chi connectivity index (χ0) is 22.9. The van der Waals surface area contributed by atoms with Crippen LogP contribution in [-0.4, -0.2) is 36.3 Å². The van der Waals surface area contributed by atoms with Crippen LogP contribution in [0.15, 0.2) is 36.9 Å². The average molecular weight is 467 g/mol. The first-order valence-corrected chi connectivity index (χ1v) is 11.4. The predicted octanol–water partition coefficient (Wildman–Crippen LogP) is 5.57. The molecule has 1 aliphatic heterocycles. The Morgan fingerprint density at radius 2 is 1.91 bits per heavy atom. The van der Waals surface area contributed by atoms with Crippen molar-refractivity contribution in [2.75, 3.05) is 6.61 Å². The summed E-state index contributed by atoms with van der Waals surface area (Å²) in [4.78, 5) is 17.0. The number of hydrogen-bond acceptors (Lipinski definition) is 6. The molecule has 4 aromatic rings. The van der Waals surface area contributed by atoms with E-state index in [4.69, 9.17) is 16.3 Å². The minimum absolute atomic E-state index is 0.326. The topological polar surface area (TPSA) is 78.6 Å². The molecule has 0 bridgehead atoms. The Morgan fingerprint density at radius 1 is 1.09 bits per heavy atom. The Labute approximate surface area is 196 Å².